The van der Waals surface area contributed by atoms with Crippen molar-refractivity contribution in [3.05, 3.63) is 80.8 Å². The lowest BCUT2D eigenvalue weighted by Crippen LogP contribution is -2.03. The van der Waals surface area contributed by atoms with Crippen molar-refractivity contribution in [2.45, 2.75) is 0 Å². The first kappa shape index (κ1) is 14.4. The number of carbonyl (C=O) groups excluding carboxylic acids is 1. The predicted octanol–water partition coefficient (Wildman–Crippen LogP) is 6.03. The Hall–Kier alpha value is -1.54. The van der Waals surface area contributed by atoms with Crippen LogP contribution in [-0.2, 0) is 0 Å². The van der Waals surface area contributed by atoms with E-state index in [0.29, 0.717) is 10.6 Å². The van der Waals surface area contributed by atoms with Crippen LogP contribution >= 0.6 is 34.8 Å². The maximum absolute atomic E-state index is 12.6. The van der Waals surface area contributed by atoms with Gasteiger partial charge in [0.15, 0.2) is 5.78 Å². The normalized spacial score (nSPS) is 10.8. The Morgan fingerprint density at radius 2 is 1.38 bits per heavy atom. The Labute approximate surface area is 137 Å². The molecule has 0 radical (unpaired) electrons. The van der Waals surface area contributed by atoms with Crippen molar-refractivity contribution in [2.75, 3.05) is 0 Å². The van der Waals surface area contributed by atoms with Gasteiger partial charge in [-0.15, -0.1) is 0 Å². The SMILES string of the molecule is O=C(c1ccc2ccccc2c1)c1c(Cl)cc(Cl)cc1Cl. The van der Waals surface area contributed by atoms with Crippen molar-refractivity contribution in [3.63, 3.8) is 0 Å². The smallest absolute Gasteiger partial charge is 0.196 e. The Bertz CT molecular complexity index is 833. The third kappa shape index (κ3) is 2.77. The van der Waals surface area contributed by atoms with Crippen LogP contribution in [0.5, 0.6) is 0 Å². The minimum Gasteiger partial charge on any atom is -0.288 e. The first-order chi connectivity index (χ1) is 10.1. The standard InChI is InChI=1S/C17H9Cl3O/c18-13-8-14(19)16(15(20)9-13)17(21)12-6-5-10-3-1-2-4-11(10)7-12/h1-9H. The Morgan fingerprint density at radius 3 is 2.05 bits per heavy atom. The average molecular weight is 336 g/mol. The second-order valence-electron chi connectivity index (χ2n) is 4.64. The van der Waals surface area contributed by atoms with Crippen LogP contribution in [0.1, 0.15) is 15.9 Å². The van der Waals surface area contributed by atoms with E-state index in [1.54, 1.807) is 6.07 Å². The monoisotopic (exact) mass is 334 g/mol. The van der Waals surface area contributed by atoms with Crippen molar-refractivity contribution >= 4 is 51.4 Å². The maximum atomic E-state index is 12.6. The molecule has 3 rings (SSSR count). The molecule has 0 aromatic heterocycles. The zero-order chi connectivity index (χ0) is 15.0. The lowest BCUT2D eigenvalue weighted by Gasteiger charge is -2.08. The Balaban J connectivity index is 2.12. The van der Waals surface area contributed by atoms with E-state index in [0.717, 1.165) is 10.8 Å². The fourth-order valence-electron chi connectivity index (χ4n) is 2.23. The summed E-state index contributed by atoms with van der Waals surface area (Å²) in [5.41, 5.74) is 0.817. The minimum absolute atomic E-state index is 0.215. The largest absolute Gasteiger partial charge is 0.288 e. The Kier molecular flexibility index (Phi) is 3.90. The summed E-state index contributed by atoms with van der Waals surface area (Å²) in [4.78, 5) is 12.6. The highest BCUT2D eigenvalue weighted by Crippen LogP contribution is 2.31. The molecule has 0 aliphatic carbocycles. The predicted molar refractivity (Wildman–Crippen MR) is 88.9 cm³/mol. The first-order valence-electron chi connectivity index (χ1n) is 6.24. The second-order valence-corrected chi connectivity index (χ2v) is 5.89. The number of hydrogen-bond donors (Lipinski definition) is 0. The van der Waals surface area contributed by atoms with Gasteiger partial charge in [-0.2, -0.15) is 0 Å². The van der Waals surface area contributed by atoms with Crippen LogP contribution in [0.3, 0.4) is 0 Å². The quantitative estimate of drug-likeness (QED) is 0.522. The van der Waals surface area contributed by atoms with Gasteiger partial charge in [0.1, 0.15) is 0 Å². The maximum Gasteiger partial charge on any atom is 0.196 e. The molecule has 1 nitrogen and oxygen atoms in total. The lowest BCUT2D eigenvalue weighted by atomic mass is 10.00. The fourth-order valence-corrected chi connectivity index (χ4v) is 3.22. The molecule has 0 atom stereocenters. The molecule has 0 spiro atoms. The molecule has 0 aliphatic heterocycles. The van der Waals surface area contributed by atoms with Crippen LogP contribution < -0.4 is 0 Å². The molecule has 0 bridgehead atoms. The minimum atomic E-state index is -0.215. The molecule has 3 aromatic carbocycles. The Morgan fingerprint density at radius 1 is 0.762 bits per heavy atom. The van der Waals surface area contributed by atoms with E-state index in [2.05, 4.69) is 0 Å². The molecule has 0 unspecified atom stereocenters. The molecule has 0 aliphatic rings. The van der Waals surface area contributed by atoms with E-state index >= 15 is 0 Å². The van der Waals surface area contributed by atoms with Crippen LogP contribution in [0.2, 0.25) is 15.1 Å². The highest BCUT2D eigenvalue weighted by atomic mass is 35.5. The number of halogens is 3. The van der Waals surface area contributed by atoms with E-state index in [9.17, 15) is 4.79 Å². The van der Waals surface area contributed by atoms with Gasteiger partial charge in [0.05, 0.1) is 15.6 Å². The van der Waals surface area contributed by atoms with Crippen LogP contribution in [0, 0.1) is 0 Å². The van der Waals surface area contributed by atoms with Gasteiger partial charge in [0.2, 0.25) is 0 Å². The van der Waals surface area contributed by atoms with Gasteiger partial charge >= 0.3 is 0 Å². The van der Waals surface area contributed by atoms with Gasteiger partial charge in [0.25, 0.3) is 0 Å². The highest BCUT2D eigenvalue weighted by Gasteiger charge is 2.17. The number of rotatable bonds is 2. The van der Waals surface area contributed by atoms with Gasteiger partial charge in [-0.05, 0) is 29.0 Å². The topological polar surface area (TPSA) is 17.1 Å². The summed E-state index contributed by atoms with van der Waals surface area (Å²) in [5, 5.41) is 2.98. The average Bonchev–Trinajstić information content (AvgIpc) is 2.45. The number of benzene rings is 3. The first-order valence-corrected chi connectivity index (χ1v) is 7.38. The van der Waals surface area contributed by atoms with Crippen molar-refractivity contribution in [3.8, 4) is 0 Å². The molecule has 0 amide bonds. The zero-order valence-electron chi connectivity index (χ0n) is 10.7. The molecule has 0 N–H and O–H groups in total. The molecule has 0 fully saturated rings. The summed E-state index contributed by atoms with van der Waals surface area (Å²) >= 11 is 18.1. The van der Waals surface area contributed by atoms with Crippen molar-refractivity contribution in [1.82, 2.24) is 0 Å². The van der Waals surface area contributed by atoms with Gasteiger partial charge in [-0.3, -0.25) is 4.79 Å². The summed E-state index contributed by atoms with van der Waals surface area (Å²) in [5.74, 6) is -0.215. The summed E-state index contributed by atoms with van der Waals surface area (Å²) in [6, 6.07) is 16.4. The van der Waals surface area contributed by atoms with E-state index in [1.165, 1.54) is 12.1 Å². The van der Waals surface area contributed by atoms with Gasteiger partial charge in [0, 0.05) is 10.6 Å². The summed E-state index contributed by atoms with van der Waals surface area (Å²) in [6.07, 6.45) is 0. The highest BCUT2D eigenvalue weighted by molar-refractivity contribution is 6.43. The van der Waals surface area contributed by atoms with Crippen molar-refractivity contribution < 1.29 is 4.79 Å². The molecule has 104 valence electrons. The van der Waals surface area contributed by atoms with Crippen molar-refractivity contribution in [2.24, 2.45) is 0 Å². The molecular weight excluding hydrogens is 327 g/mol. The van der Waals surface area contributed by atoms with E-state index in [1.807, 2.05) is 36.4 Å². The van der Waals surface area contributed by atoms with E-state index < -0.39 is 0 Å². The summed E-state index contributed by atoms with van der Waals surface area (Å²) in [6.45, 7) is 0. The fraction of sp³-hybridized carbons (Fsp3) is 0. The summed E-state index contributed by atoms with van der Waals surface area (Å²) in [7, 11) is 0. The van der Waals surface area contributed by atoms with Gasteiger partial charge in [-0.1, -0.05) is 71.2 Å². The number of hydrogen-bond acceptors (Lipinski definition) is 1. The second kappa shape index (κ2) is 5.69. The van der Waals surface area contributed by atoms with E-state index in [-0.39, 0.29) is 21.4 Å². The molecule has 21 heavy (non-hydrogen) atoms. The zero-order valence-corrected chi connectivity index (χ0v) is 13.0. The van der Waals surface area contributed by atoms with Crippen LogP contribution in [0.4, 0.5) is 0 Å². The van der Waals surface area contributed by atoms with Gasteiger partial charge in [-0.25, -0.2) is 0 Å². The summed E-state index contributed by atoms with van der Waals surface area (Å²) < 4.78 is 0. The lowest BCUT2D eigenvalue weighted by molar-refractivity contribution is 0.103. The molecule has 0 saturated heterocycles. The van der Waals surface area contributed by atoms with E-state index in [4.69, 9.17) is 34.8 Å². The third-order valence-corrected chi connectivity index (χ3v) is 4.06. The van der Waals surface area contributed by atoms with Crippen LogP contribution in [0.25, 0.3) is 10.8 Å². The number of fused-ring (bicyclic) bond motifs is 1. The van der Waals surface area contributed by atoms with Crippen LogP contribution in [0.15, 0.2) is 54.6 Å². The van der Waals surface area contributed by atoms with Gasteiger partial charge < -0.3 is 0 Å². The third-order valence-electron chi connectivity index (χ3n) is 3.25. The number of ketones is 1. The number of carbonyl (C=O) groups is 1. The molecule has 0 saturated carbocycles. The van der Waals surface area contributed by atoms with Crippen LogP contribution in [-0.4, -0.2) is 5.78 Å². The molecular formula is C17H9Cl3O. The molecule has 3 aromatic rings. The molecule has 4 heteroatoms. The molecule has 0 heterocycles. The van der Waals surface area contributed by atoms with Crippen molar-refractivity contribution in [1.29, 1.82) is 0 Å².